The van der Waals surface area contributed by atoms with E-state index in [1.165, 1.54) is 0 Å². The molecular formula is C16H11Cl2N3O. The number of fused-ring (bicyclic) bond motifs is 1. The van der Waals surface area contributed by atoms with Crippen LogP contribution in [0.4, 0.5) is 5.69 Å². The van der Waals surface area contributed by atoms with Gasteiger partial charge in [0, 0.05) is 17.8 Å². The lowest BCUT2D eigenvalue weighted by Gasteiger charge is -2.09. The molecule has 0 aliphatic rings. The number of rotatable bonds is 2. The molecule has 0 radical (unpaired) electrons. The molecule has 1 amide bonds. The molecule has 4 nitrogen and oxygen atoms in total. The van der Waals surface area contributed by atoms with Crippen molar-refractivity contribution in [1.29, 1.82) is 0 Å². The van der Waals surface area contributed by atoms with Crippen molar-refractivity contribution in [3.05, 3.63) is 64.0 Å². The van der Waals surface area contributed by atoms with E-state index in [0.717, 1.165) is 10.9 Å². The Kier molecular flexibility index (Phi) is 3.96. The number of nitrogens with one attached hydrogen (secondary N) is 1. The first-order valence-electron chi connectivity index (χ1n) is 6.53. The van der Waals surface area contributed by atoms with Crippen molar-refractivity contribution in [2.24, 2.45) is 0 Å². The first-order chi connectivity index (χ1) is 10.6. The van der Waals surface area contributed by atoms with Crippen LogP contribution in [0.3, 0.4) is 0 Å². The number of anilines is 1. The summed E-state index contributed by atoms with van der Waals surface area (Å²) in [4.78, 5) is 20.7. The Bertz CT molecular complexity index is 880. The van der Waals surface area contributed by atoms with Crippen LogP contribution < -0.4 is 5.32 Å². The van der Waals surface area contributed by atoms with Gasteiger partial charge < -0.3 is 5.32 Å². The summed E-state index contributed by atoms with van der Waals surface area (Å²) in [5.41, 5.74) is 2.24. The topological polar surface area (TPSA) is 54.9 Å². The molecule has 3 aromatic rings. The Morgan fingerprint density at radius 2 is 1.95 bits per heavy atom. The molecule has 2 aromatic heterocycles. The molecule has 0 aliphatic carbocycles. The van der Waals surface area contributed by atoms with Crippen LogP contribution >= 0.6 is 23.2 Å². The third kappa shape index (κ3) is 2.75. The van der Waals surface area contributed by atoms with Gasteiger partial charge in [0.25, 0.3) is 5.91 Å². The summed E-state index contributed by atoms with van der Waals surface area (Å²) < 4.78 is 0. The van der Waals surface area contributed by atoms with Gasteiger partial charge in [-0.15, -0.1) is 0 Å². The summed E-state index contributed by atoms with van der Waals surface area (Å²) in [5, 5.41) is 4.44. The van der Waals surface area contributed by atoms with Crippen molar-refractivity contribution in [3.8, 4) is 0 Å². The summed E-state index contributed by atoms with van der Waals surface area (Å²) in [7, 11) is 0. The highest BCUT2D eigenvalue weighted by atomic mass is 35.5. The van der Waals surface area contributed by atoms with Gasteiger partial charge in [-0.25, -0.2) is 4.98 Å². The third-order valence-corrected chi connectivity index (χ3v) is 3.78. The van der Waals surface area contributed by atoms with Gasteiger partial charge in [0.2, 0.25) is 0 Å². The van der Waals surface area contributed by atoms with E-state index in [4.69, 9.17) is 23.2 Å². The van der Waals surface area contributed by atoms with Crippen LogP contribution in [-0.2, 0) is 0 Å². The number of hydrogen-bond acceptors (Lipinski definition) is 3. The molecule has 0 unspecified atom stereocenters. The molecule has 110 valence electrons. The van der Waals surface area contributed by atoms with Gasteiger partial charge in [-0.05, 0) is 42.8 Å². The van der Waals surface area contributed by atoms with Gasteiger partial charge in [0.15, 0.2) is 0 Å². The monoisotopic (exact) mass is 331 g/mol. The Morgan fingerprint density at radius 1 is 1.14 bits per heavy atom. The number of carbonyl (C=O) groups excluding carboxylic acids is 1. The zero-order valence-electron chi connectivity index (χ0n) is 11.6. The highest BCUT2D eigenvalue weighted by Crippen LogP contribution is 2.28. The van der Waals surface area contributed by atoms with E-state index in [1.54, 1.807) is 36.7 Å². The Labute approximate surface area is 137 Å². The average molecular weight is 332 g/mol. The number of halogens is 2. The van der Waals surface area contributed by atoms with E-state index in [2.05, 4.69) is 15.3 Å². The van der Waals surface area contributed by atoms with Crippen LogP contribution in [0.1, 0.15) is 16.1 Å². The highest BCUT2D eigenvalue weighted by molar-refractivity contribution is 6.36. The SMILES string of the molecule is Cc1cnc(C(=O)Nc2ccc(Cl)c3cccnc23)c(Cl)c1. The molecule has 22 heavy (non-hydrogen) atoms. The first-order valence-corrected chi connectivity index (χ1v) is 7.28. The number of hydrogen-bond donors (Lipinski definition) is 1. The fourth-order valence-corrected chi connectivity index (χ4v) is 2.64. The molecule has 6 heteroatoms. The van der Waals surface area contributed by atoms with Crippen molar-refractivity contribution in [3.63, 3.8) is 0 Å². The molecule has 0 aliphatic heterocycles. The van der Waals surface area contributed by atoms with E-state index in [-0.39, 0.29) is 11.6 Å². The van der Waals surface area contributed by atoms with Crippen molar-refractivity contribution in [2.75, 3.05) is 5.32 Å². The molecule has 0 saturated carbocycles. The second-order valence-electron chi connectivity index (χ2n) is 4.79. The Morgan fingerprint density at radius 3 is 2.73 bits per heavy atom. The van der Waals surface area contributed by atoms with Gasteiger partial charge in [-0.1, -0.05) is 23.2 Å². The number of aromatic nitrogens is 2. The Hall–Kier alpha value is -2.17. The summed E-state index contributed by atoms with van der Waals surface area (Å²) in [6.45, 7) is 1.86. The van der Waals surface area contributed by atoms with Crippen molar-refractivity contribution >= 4 is 45.7 Å². The van der Waals surface area contributed by atoms with Gasteiger partial charge in [0.05, 0.1) is 21.2 Å². The van der Waals surface area contributed by atoms with Gasteiger partial charge in [-0.3, -0.25) is 9.78 Å². The molecule has 3 rings (SSSR count). The maximum atomic E-state index is 12.4. The minimum absolute atomic E-state index is 0.172. The predicted molar refractivity (Wildman–Crippen MR) is 88.7 cm³/mol. The first kappa shape index (κ1) is 14.8. The van der Waals surface area contributed by atoms with E-state index in [9.17, 15) is 4.79 Å². The quantitative estimate of drug-likeness (QED) is 0.752. The predicted octanol–water partition coefficient (Wildman–Crippen LogP) is 4.50. The second-order valence-corrected chi connectivity index (χ2v) is 5.61. The minimum atomic E-state index is -0.390. The molecule has 0 bridgehead atoms. The van der Waals surface area contributed by atoms with E-state index in [0.29, 0.717) is 21.2 Å². The lowest BCUT2D eigenvalue weighted by Crippen LogP contribution is -2.14. The van der Waals surface area contributed by atoms with Gasteiger partial charge in [0.1, 0.15) is 5.69 Å². The van der Waals surface area contributed by atoms with Crippen LogP contribution in [-0.4, -0.2) is 15.9 Å². The number of benzene rings is 1. The van der Waals surface area contributed by atoms with E-state index < -0.39 is 0 Å². The molecular weight excluding hydrogens is 321 g/mol. The Balaban J connectivity index is 2.00. The summed E-state index contributed by atoms with van der Waals surface area (Å²) in [6, 6.07) is 8.75. The molecule has 0 atom stereocenters. The largest absolute Gasteiger partial charge is 0.319 e. The van der Waals surface area contributed by atoms with E-state index in [1.807, 2.05) is 13.0 Å². The van der Waals surface area contributed by atoms with Crippen molar-refractivity contribution in [2.45, 2.75) is 6.92 Å². The molecule has 1 N–H and O–H groups in total. The fraction of sp³-hybridized carbons (Fsp3) is 0.0625. The summed E-state index contributed by atoms with van der Waals surface area (Å²) >= 11 is 12.2. The number of amides is 1. The van der Waals surface area contributed by atoms with Crippen molar-refractivity contribution < 1.29 is 4.79 Å². The fourth-order valence-electron chi connectivity index (χ4n) is 2.12. The minimum Gasteiger partial charge on any atom is -0.319 e. The normalized spacial score (nSPS) is 10.7. The van der Waals surface area contributed by atoms with Gasteiger partial charge in [-0.2, -0.15) is 0 Å². The summed E-state index contributed by atoms with van der Waals surface area (Å²) in [5.74, 6) is -0.390. The maximum absolute atomic E-state index is 12.4. The van der Waals surface area contributed by atoms with Crippen LogP contribution in [0, 0.1) is 6.92 Å². The van der Waals surface area contributed by atoms with E-state index >= 15 is 0 Å². The third-order valence-electron chi connectivity index (χ3n) is 3.16. The highest BCUT2D eigenvalue weighted by Gasteiger charge is 2.14. The average Bonchev–Trinajstić information content (AvgIpc) is 2.50. The van der Waals surface area contributed by atoms with Crippen LogP contribution in [0.5, 0.6) is 0 Å². The van der Waals surface area contributed by atoms with Crippen LogP contribution in [0.2, 0.25) is 10.0 Å². The molecule has 0 saturated heterocycles. The lowest BCUT2D eigenvalue weighted by atomic mass is 10.2. The number of pyridine rings is 2. The molecule has 0 spiro atoms. The molecule has 1 aromatic carbocycles. The van der Waals surface area contributed by atoms with Crippen LogP contribution in [0.15, 0.2) is 42.7 Å². The standard InChI is InChI=1S/C16H11Cl2N3O/c1-9-7-12(18)15(20-8-9)16(22)21-13-5-4-11(17)10-3-2-6-19-14(10)13/h2-8H,1H3,(H,21,22). The van der Waals surface area contributed by atoms with Crippen molar-refractivity contribution in [1.82, 2.24) is 9.97 Å². The summed E-state index contributed by atoms with van der Waals surface area (Å²) in [6.07, 6.45) is 3.24. The number of nitrogens with zero attached hydrogens (tertiary/aromatic N) is 2. The number of aryl methyl sites for hydroxylation is 1. The van der Waals surface area contributed by atoms with Gasteiger partial charge >= 0.3 is 0 Å². The zero-order valence-corrected chi connectivity index (χ0v) is 13.1. The molecule has 0 fully saturated rings. The smallest absolute Gasteiger partial charge is 0.275 e. The lowest BCUT2D eigenvalue weighted by molar-refractivity contribution is 0.102. The second kappa shape index (κ2) is 5.91. The zero-order chi connectivity index (χ0) is 15.7. The maximum Gasteiger partial charge on any atom is 0.275 e. The van der Waals surface area contributed by atoms with Crippen LogP contribution in [0.25, 0.3) is 10.9 Å². The number of carbonyl (C=O) groups is 1. The molecule has 2 heterocycles.